The Morgan fingerprint density at radius 3 is 2.64 bits per heavy atom. The minimum absolute atomic E-state index is 0. The summed E-state index contributed by atoms with van der Waals surface area (Å²) in [6.07, 6.45) is 6.32. The topological polar surface area (TPSA) is 107 Å². The van der Waals surface area contributed by atoms with Gasteiger partial charge in [0.1, 0.15) is 0 Å². The van der Waals surface area contributed by atoms with Gasteiger partial charge in [0, 0.05) is 37.3 Å². The molecule has 2 aromatic heterocycles. The highest BCUT2D eigenvalue weighted by atomic mass is 35.5. The van der Waals surface area contributed by atoms with Crippen LogP contribution in [0.25, 0.3) is 11.4 Å². The molecule has 7 nitrogen and oxygen atoms in total. The van der Waals surface area contributed by atoms with E-state index in [4.69, 9.17) is 10.3 Å². The quantitative estimate of drug-likeness (QED) is 0.753. The average molecular weight is 388 g/mol. The number of aryl methyl sites for hydroxylation is 1. The molecule has 0 bridgehead atoms. The summed E-state index contributed by atoms with van der Waals surface area (Å²) >= 11 is 0. The summed E-state index contributed by atoms with van der Waals surface area (Å²) in [6, 6.07) is 3.62. The molecule has 0 radical (unpaired) electrons. The van der Waals surface area contributed by atoms with Gasteiger partial charge in [0.2, 0.25) is 17.6 Å². The number of carbonyl (C=O) groups is 1. The summed E-state index contributed by atoms with van der Waals surface area (Å²) in [7, 11) is 0. The van der Waals surface area contributed by atoms with Gasteiger partial charge in [-0.25, -0.2) is 0 Å². The molecular weight excluding hydrogens is 365 g/mol. The van der Waals surface area contributed by atoms with Crippen molar-refractivity contribution >= 4 is 30.7 Å². The molecule has 2 aromatic rings. The van der Waals surface area contributed by atoms with Gasteiger partial charge in [0.15, 0.2) is 0 Å². The van der Waals surface area contributed by atoms with E-state index in [0.29, 0.717) is 37.0 Å². The Bertz CT molecular complexity index is 678. The number of nitrogens with one attached hydrogen (secondary N) is 1. The zero-order chi connectivity index (χ0) is 16.3. The third-order valence-corrected chi connectivity index (χ3v) is 4.30. The van der Waals surface area contributed by atoms with Gasteiger partial charge < -0.3 is 15.6 Å². The fraction of sp³-hybridized carbons (Fsp3) is 0.500. The zero-order valence-electron chi connectivity index (χ0n) is 14.0. The summed E-state index contributed by atoms with van der Waals surface area (Å²) in [5, 5.41) is 6.98. The van der Waals surface area contributed by atoms with E-state index in [0.717, 1.165) is 18.4 Å². The lowest BCUT2D eigenvalue weighted by Crippen LogP contribution is -2.53. The second kappa shape index (κ2) is 9.12. The predicted molar refractivity (Wildman–Crippen MR) is 98.7 cm³/mol. The van der Waals surface area contributed by atoms with Crippen molar-refractivity contribution in [3.05, 3.63) is 30.4 Å². The molecule has 1 aliphatic rings. The largest absolute Gasteiger partial charge is 0.349 e. The number of halogens is 2. The van der Waals surface area contributed by atoms with Gasteiger partial charge >= 0.3 is 0 Å². The Morgan fingerprint density at radius 2 is 2.04 bits per heavy atom. The lowest BCUT2D eigenvalue weighted by Gasteiger charge is -2.29. The smallest absolute Gasteiger partial charge is 0.227 e. The SMILES string of the molecule is CC(CN)(NC(=O)CCc1nc(-c2ccncc2)no1)C1CC1.Cl.Cl. The Labute approximate surface area is 159 Å². The lowest BCUT2D eigenvalue weighted by atomic mass is 9.95. The van der Waals surface area contributed by atoms with Crippen LogP contribution in [-0.2, 0) is 11.2 Å². The van der Waals surface area contributed by atoms with Crippen molar-refractivity contribution in [2.45, 2.75) is 38.1 Å². The first-order chi connectivity index (χ1) is 11.1. The normalized spacial score (nSPS) is 15.4. The van der Waals surface area contributed by atoms with Crippen LogP contribution in [0.3, 0.4) is 0 Å². The highest BCUT2D eigenvalue weighted by Crippen LogP contribution is 2.39. The van der Waals surface area contributed by atoms with Gasteiger partial charge in [0.25, 0.3) is 0 Å². The third-order valence-electron chi connectivity index (χ3n) is 4.30. The van der Waals surface area contributed by atoms with Gasteiger partial charge in [-0.15, -0.1) is 24.8 Å². The Balaban J connectivity index is 0.00000156. The van der Waals surface area contributed by atoms with E-state index in [1.54, 1.807) is 12.4 Å². The molecule has 0 spiro atoms. The predicted octanol–water partition coefficient (Wildman–Crippen LogP) is 2.15. The van der Waals surface area contributed by atoms with Crippen LogP contribution in [0.5, 0.6) is 0 Å². The first-order valence-electron chi connectivity index (χ1n) is 7.85. The molecule has 9 heteroatoms. The fourth-order valence-corrected chi connectivity index (χ4v) is 2.62. The minimum atomic E-state index is -0.297. The van der Waals surface area contributed by atoms with Crippen LogP contribution in [-0.4, -0.2) is 33.1 Å². The summed E-state index contributed by atoms with van der Waals surface area (Å²) in [5.74, 6) is 1.42. The van der Waals surface area contributed by atoms with Crippen molar-refractivity contribution < 1.29 is 9.32 Å². The molecule has 0 aromatic carbocycles. The second-order valence-electron chi connectivity index (χ2n) is 6.19. The highest BCUT2D eigenvalue weighted by molar-refractivity contribution is 5.85. The number of nitrogens with zero attached hydrogens (tertiary/aromatic N) is 3. The molecule has 1 atom stereocenters. The van der Waals surface area contributed by atoms with Crippen LogP contribution in [0.15, 0.2) is 29.0 Å². The van der Waals surface area contributed by atoms with Crippen molar-refractivity contribution in [2.75, 3.05) is 6.54 Å². The fourth-order valence-electron chi connectivity index (χ4n) is 2.62. The molecule has 1 saturated carbocycles. The van der Waals surface area contributed by atoms with E-state index >= 15 is 0 Å². The van der Waals surface area contributed by atoms with Gasteiger partial charge in [-0.1, -0.05) is 5.16 Å². The number of rotatable bonds is 7. The van der Waals surface area contributed by atoms with Crippen molar-refractivity contribution in [2.24, 2.45) is 11.7 Å². The molecule has 1 aliphatic carbocycles. The second-order valence-corrected chi connectivity index (χ2v) is 6.19. The van der Waals surface area contributed by atoms with E-state index in [-0.39, 0.29) is 36.3 Å². The van der Waals surface area contributed by atoms with Gasteiger partial charge in [0.05, 0.1) is 5.54 Å². The number of amides is 1. The van der Waals surface area contributed by atoms with Crippen molar-refractivity contribution in [1.29, 1.82) is 0 Å². The molecule has 25 heavy (non-hydrogen) atoms. The maximum absolute atomic E-state index is 12.1. The number of pyridine rings is 1. The van der Waals surface area contributed by atoms with Crippen molar-refractivity contribution in [3.63, 3.8) is 0 Å². The number of carbonyl (C=O) groups excluding carboxylic acids is 1. The van der Waals surface area contributed by atoms with Crippen molar-refractivity contribution in [1.82, 2.24) is 20.4 Å². The number of hydrogen-bond acceptors (Lipinski definition) is 6. The molecule has 1 fully saturated rings. The minimum Gasteiger partial charge on any atom is -0.349 e. The molecule has 0 saturated heterocycles. The standard InChI is InChI=1S/C16H21N5O2.2ClH/c1-16(10-17,12-2-3-12)20-13(22)4-5-14-19-15(21-23-14)11-6-8-18-9-7-11;;/h6-9,12H,2-5,10,17H2,1H3,(H,20,22);2*1H. The Morgan fingerprint density at radius 1 is 1.36 bits per heavy atom. The average Bonchev–Trinajstić information content (AvgIpc) is 3.33. The molecule has 138 valence electrons. The van der Waals surface area contributed by atoms with E-state index in [1.165, 1.54) is 0 Å². The molecule has 3 N–H and O–H groups in total. The lowest BCUT2D eigenvalue weighted by molar-refractivity contribution is -0.123. The number of aromatic nitrogens is 3. The van der Waals surface area contributed by atoms with Gasteiger partial charge in [-0.05, 0) is 37.8 Å². The number of hydrogen-bond donors (Lipinski definition) is 2. The monoisotopic (exact) mass is 387 g/mol. The van der Waals surface area contributed by atoms with E-state index < -0.39 is 0 Å². The van der Waals surface area contributed by atoms with Crippen LogP contribution in [0.2, 0.25) is 0 Å². The van der Waals surface area contributed by atoms with Crippen LogP contribution in [0.1, 0.15) is 32.1 Å². The Kier molecular flexibility index (Phi) is 7.79. The highest BCUT2D eigenvalue weighted by Gasteiger charge is 2.41. The summed E-state index contributed by atoms with van der Waals surface area (Å²) in [6.45, 7) is 2.47. The summed E-state index contributed by atoms with van der Waals surface area (Å²) in [5.41, 5.74) is 6.35. The van der Waals surface area contributed by atoms with Gasteiger partial charge in [-0.2, -0.15) is 4.98 Å². The third kappa shape index (κ3) is 5.39. The summed E-state index contributed by atoms with van der Waals surface area (Å²) in [4.78, 5) is 20.4. The molecular formula is C16H23Cl2N5O2. The van der Waals surface area contributed by atoms with Crippen molar-refractivity contribution in [3.8, 4) is 11.4 Å². The summed E-state index contributed by atoms with van der Waals surface area (Å²) < 4.78 is 5.20. The Hall–Kier alpha value is -1.70. The van der Waals surface area contributed by atoms with Crippen LogP contribution >= 0.6 is 24.8 Å². The van der Waals surface area contributed by atoms with E-state index in [2.05, 4.69) is 20.4 Å². The van der Waals surface area contributed by atoms with Crippen LogP contribution in [0, 0.1) is 5.92 Å². The maximum Gasteiger partial charge on any atom is 0.227 e. The zero-order valence-corrected chi connectivity index (χ0v) is 15.6. The first-order valence-corrected chi connectivity index (χ1v) is 7.85. The molecule has 0 aliphatic heterocycles. The van der Waals surface area contributed by atoms with E-state index in [1.807, 2.05) is 19.1 Å². The number of nitrogens with two attached hydrogens (primary N) is 1. The molecule has 1 unspecified atom stereocenters. The van der Waals surface area contributed by atoms with Crippen LogP contribution < -0.4 is 11.1 Å². The molecule has 3 rings (SSSR count). The first kappa shape index (κ1) is 21.3. The van der Waals surface area contributed by atoms with Gasteiger partial charge in [-0.3, -0.25) is 9.78 Å². The maximum atomic E-state index is 12.1. The molecule has 2 heterocycles. The molecule has 1 amide bonds. The van der Waals surface area contributed by atoms with Crippen LogP contribution in [0.4, 0.5) is 0 Å². The van der Waals surface area contributed by atoms with E-state index in [9.17, 15) is 4.79 Å².